The molecule has 1 heterocycles. The summed E-state index contributed by atoms with van der Waals surface area (Å²) in [5.41, 5.74) is 6.53. The minimum absolute atomic E-state index is 0.167. The van der Waals surface area contributed by atoms with E-state index in [0.717, 1.165) is 5.82 Å². The zero-order valence-corrected chi connectivity index (χ0v) is 11.5. The van der Waals surface area contributed by atoms with Gasteiger partial charge in [-0.05, 0) is 24.5 Å². The topological polar surface area (TPSA) is 71.2 Å². The Bertz CT molecular complexity index is 404. The zero-order chi connectivity index (χ0) is 13.7. The smallest absolute Gasteiger partial charge is 0.241 e. The summed E-state index contributed by atoms with van der Waals surface area (Å²) in [5, 5.41) is 2.83. The number of hydrogen-bond acceptors (Lipinski definition) is 4. The zero-order valence-electron chi connectivity index (χ0n) is 11.5. The largest absolute Gasteiger partial charge is 0.361 e. The van der Waals surface area contributed by atoms with Crippen molar-refractivity contribution in [3.63, 3.8) is 0 Å². The summed E-state index contributed by atoms with van der Waals surface area (Å²) < 4.78 is 0. The molecule has 0 aliphatic heterocycles. The molecule has 0 aromatic carbocycles. The van der Waals surface area contributed by atoms with Crippen LogP contribution in [0.5, 0.6) is 0 Å². The molecule has 1 rings (SSSR count). The van der Waals surface area contributed by atoms with Crippen molar-refractivity contribution >= 4 is 17.4 Å². The van der Waals surface area contributed by atoms with Gasteiger partial charge in [-0.3, -0.25) is 4.79 Å². The maximum Gasteiger partial charge on any atom is 0.241 e. The van der Waals surface area contributed by atoms with Crippen molar-refractivity contribution in [3.8, 4) is 0 Å². The van der Waals surface area contributed by atoms with Gasteiger partial charge in [-0.2, -0.15) is 0 Å². The summed E-state index contributed by atoms with van der Waals surface area (Å²) in [6, 6.07) is 3.12. The summed E-state index contributed by atoms with van der Waals surface area (Å²) >= 11 is 0. The first-order valence-electron chi connectivity index (χ1n) is 6.10. The van der Waals surface area contributed by atoms with Crippen molar-refractivity contribution in [1.82, 2.24) is 4.98 Å². The van der Waals surface area contributed by atoms with E-state index in [1.165, 1.54) is 0 Å². The highest BCUT2D eigenvalue weighted by Crippen LogP contribution is 2.20. The Morgan fingerprint density at radius 3 is 2.72 bits per heavy atom. The van der Waals surface area contributed by atoms with Gasteiger partial charge in [0.05, 0.1) is 11.7 Å². The average Bonchev–Trinajstić information content (AvgIpc) is 2.28. The van der Waals surface area contributed by atoms with Crippen LogP contribution in [0, 0.1) is 5.92 Å². The molecule has 0 saturated heterocycles. The first-order valence-corrected chi connectivity index (χ1v) is 6.10. The Hall–Kier alpha value is -1.62. The normalized spacial score (nSPS) is 12.3. The number of nitrogens with two attached hydrogens (primary N) is 1. The predicted octanol–water partition coefficient (Wildman–Crippen LogP) is 1.46. The number of rotatable bonds is 5. The molecule has 100 valence electrons. The van der Waals surface area contributed by atoms with Crippen LogP contribution in [0.3, 0.4) is 0 Å². The Labute approximate surface area is 108 Å². The number of carbonyl (C=O) groups excluding carboxylic acids is 1. The van der Waals surface area contributed by atoms with E-state index in [1.807, 2.05) is 38.9 Å². The molecule has 5 nitrogen and oxygen atoms in total. The summed E-state index contributed by atoms with van der Waals surface area (Å²) in [7, 11) is 3.76. The Morgan fingerprint density at radius 1 is 1.50 bits per heavy atom. The monoisotopic (exact) mass is 250 g/mol. The number of amides is 1. The third kappa shape index (κ3) is 4.00. The average molecular weight is 250 g/mol. The van der Waals surface area contributed by atoms with Crippen LogP contribution in [-0.4, -0.2) is 31.0 Å². The van der Waals surface area contributed by atoms with Crippen molar-refractivity contribution in [3.05, 3.63) is 18.3 Å². The van der Waals surface area contributed by atoms with Crippen molar-refractivity contribution in [1.29, 1.82) is 0 Å². The highest BCUT2D eigenvalue weighted by molar-refractivity contribution is 5.96. The van der Waals surface area contributed by atoms with Gasteiger partial charge < -0.3 is 16.0 Å². The lowest BCUT2D eigenvalue weighted by Crippen LogP contribution is -2.37. The summed E-state index contributed by atoms with van der Waals surface area (Å²) in [6.45, 7) is 4.09. The van der Waals surface area contributed by atoms with Crippen molar-refractivity contribution < 1.29 is 4.79 Å². The molecule has 1 atom stereocenters. The standard InChI is InChI=1S/C13H22N4O/c1-9(2)8-10(14)13(18)16-11-6-5-7-15-12(11)17(3)4/h5-7,9-10H,8,14H2,1-4H3,(H,16,18). The third-order valence-corrected chi connectivity index (χ3v) is 2.53. The van der Waals surface area contributed by atoms with Gasteiger partial charge >= 0.3 is 0 Å². The van der Waals surface area contributed by atoms with E-state index >= 15 is 0 Å². The maximum atomic E-state index is 11.9. The minimum atomic E-state index is -0.486. The fourth-order valence-electron chi connectivity index (χ4n) is 1.69. The second-order valence-corrected chi connectivity index (χ2v) is 4.99. The number of aromatic nitrogens is 1. The number of anilines is 2. The van der Waals surface area contributed by atoms with Gasteiger partial charge in [-0.1, -0.05) is 13.8 Å². The minimum Gasteiger partial charge on any atom is -0.361 e. The molecule has 0 radical (unpaired) electrons. The number of pyridine rings is 1. The van der Waals surface area contributed by atoms with E-state index < -0.39 is 6.04 Å². The van der Waals surface area contributed by atoms with Crippen LogP contribution in [-0.2, 0) is 4.79 Å². The summed E-state index contributed by atoms with van der Waals surface area (Å²) in [5.74, 6) is 0.954. The van der Waals surface area contributed by atoms with Crippen LogP contribution in [0.15, 0.2) is 18.3 Å². The molecule has 3 N–H and O–H groups in total. The quantitative estimate of drug-likeness (QED) is 0.830. The van der Waals surface area contributed by atoms with E-state index in [2.05, 4.69) is 10.3 Å². The molecular formula is C13H22N4O. The molecule has 1 aromatic rings. The Morgan fingerprint density at radius 2 is 2.17 bits per heavy atom. The highest BCUT2D eigenvalue weighted by Gasteiger charge is 2.17. The molecule has 1 amide bonds. The Kier molecular flexibility index (Phi) is 5.09. The Balaban J connectivity index is 2.75. The molecule has 0 spiro atoms. The van der Waals surface area contributed by atoms with Gasteiger partial charge in [0.2, 0.25) is 5.91 Å². The van der Waals surface area contributed by atoms with E-state index in [0.29, 0.717) is 18.0 Å². The second-order valence-electron chi connectivity index (χ2n) is 4.99. The maximum absolute atomic E-state index is 11.9. The highest BCUT2D eigenvalue weighted by atomic mass is 16.2. The van der Waals surface area contributed by atoms with Crippen LogP contribution in [0.1, 0.15) is 20.3 Å². The van der Waals surface area contributed by atoms with Gasteiger partial charge in [0.1, 0.15) is 0 Å². The molecule has 0 bridgehead atoms. The molecular weight excluding hydrogens is 228 g/mol. The van der Waals surface area contributed by atoms with E-state index in [1.54, 1.807) is 12.3 Å². The van der Waals surface area contributed by atoms with Crippen LogP contribution < -0.4 is 16.0 Å². The molecule has 18 heavy (non-hydrogen) atoms. The number of hydrogen-bond donors (Lipinski definition) is 2. The van der Waals surface area contributed by atoms with Crippen LogP contribution in [0.4, 0.5) is 11.5 Å². The number of carbonyl (C=O) groups is 1. The lowest BCUT2D eigenvalue weighted by atomic mass is 10.0. The predicted molar refractivity (Wildman–Crippen MR) is 74.6 cm³/mol. The van der Waals surface area contributed by atoms with E-state index in [9.17, 15) is 4.79 Å². The first-order chi connectivity index (χ1) is 8.41. The van der Waals surface area contributed by atoms with Crippen molar-refractivity contribution in [2.75, 3.05) is 24.3 Å². The molecule has 5 heteroatoms. The number of nitrogens with one attached hydrogen (secondary N) is 1. The third-order valence-electron chi connectivity index (χ3n) is 2.53. The van der Waals surface area contributed by atoms with Gasteiger partial charge in [-0.15, -0.1) is 0 Å². The molecule has 0 saturated carbocycles. The lowest BCUT2D eigenvalue weighted by molar-refractivity contribution is -0.117. The van der Waals surface area contributed by atoms with Crippen LogP contribution >= 0.6 is 0 Å². The van der Waals surface area contributed by atoms with Gasteiger partial charge in [0, 0.05) is 20.3 Å². The van der Waals surface area contributed by atoms with Gasteiger partial charge in [-0.25, -0.2) is 4.98 Å². The van der Waals surface area contributed by atoms with E-state index in [4.69, 9.17) is 5.73 Å². The first kappa shape index (κ1) is 14.4. The molecule has 0 aliphatic carbocycles. The van der Waals surface area contributed by atoms with Crippen LogP contribution in [0.25, 0.3) is 0 Å². The molecule has 0 aliphatic rings. The molecule has 1 aromatic heterocycles. The van der Waals surface area contributed by atoms with E-state index in [-0.39, 0.29) is 5.91 Å². The van der Waals surface area contributed by atoms with Crippen molar-refractivity contribution in [2.24, 2.45) is 11.7 Å². The fraction of sp³-hybridized carbons (Fsp3) is 0.538. The number of nitrogens with zero attached hydrogens (tertiary/aromatic N) is 2. The van der Waals surface area contributed by atoms with Gasteiger partial charge in [0.25, 0.3) is 0 Å². The molecule has 1 unspecified atom stereocenters. The fourth-order valence-corrected chi connectivity index (χ4v) is 1.69. The van der Waals surface area contributed by atoms with Crippen molar-refractivity contribution in [2.45, 2.75) is 26.3 Å². The SMILES string of the molecule is CC(C)CC(N)C(=O)Nc1cccnc1N(C)C. The summed E-state index contributed by atoms with van der Waals surface area (Å²) in [6.07, 6.45) is 2.36. The van der Waals surface area contributed by atoms with Crippen LogP contribution in [0.2, 0.25) is 0 Å². The summed E-state index contributed by atoms with van der Waals surface area (Å²) in [4.78, 5) is 18.0. The lowest BCUT2D eigenvalue weighted by Gasteiger charge is -2.18. The van der Waals surface area contributed by atoms with Gasteiger partial charge in [0.15, 0.2) is 5.82 Å². The second kappa shape index (κ2) is 6.35. The molecule has 0 fully saturated rings.